The summed E-state index contributed by atoms with van der Waals surface area (Å²) in [4.78, 5) is 26.0. The summed E-state index contributed by atoms with van der Waals surface area (Å²) in [6, 6.07) is 11.8. The highest BCUT2D eigenvalue weighted by atomic mass is 16.5. The fraction of sp³-hybridized carbons (Fsp3) is 0.333. The van der Waals surface area contributed by atoms with E-state index in [9.17, 15) is 4.79 Å². The van der Waals surface area contributed by atoms with Crippen LogP contribution >= 0.6 is 0 Å². The predicted octanol–water partition coefficient (Wildman–Crippen LogP) is 4.53. The zero-order valence-electron chi connectivity index (χ0n) is 17.9. The van der Waals surface area contributed by atoms with Crippen LogP contribution in [0.15, 0.2) is 58.1 Å². The first kappa shape index (κ1) is 19.0. The molecule has 4 aromatic heterocycles. The Morgan fingerprint density at radius 2 is 2.00 bits per heavy atom. The van der Waals surface area contributed by atoms with E-state index in [1.54, 1.807) is 10.8 Å². The Morgan fingerprint density at radius 3 is 2.84 bits per heavy atom. The minimum absolute atomic E-state index is 0.0475. The molecule has 8 nitrogen and oxygen atoms in total. The Kier molecular flexibility index (Phi) is 4.45. The Morgan fingerprint density at radius 1 is 1.16 bits per heavy atom. The lowest BCUT2D eigenvalue weighted by Gasteiger charge is -2.29. The molecule has 1 N–H and O–H groups in total. The van der Waals surface area contributed by atoms with Crippen molar-refractivity contribution < 1.29 is 4.52 Å². The van der Waals surface area contributed by atoms with Crippen molar-refractivity contribution in [2.24, 2.45) is 5.92 Å². The van der Waals surface area contributed by atoms with E-state index in [1.807, 2.05) is 47.2 Å². The van der Waals surface area contributed by atoms with Crippen LogP contribution < -0.4 is 5.69 Å². The second-order valence-corrected chi connectivity index (χ2v) is 8.68. The predicted molar refractivity (Wildman–Crippen MR) is 121 cm³/mol. The van der Waals surface area contributed by atoms with Crippen molar-refractivity contribution in [1.29, 1.82) is 0 Å². The topological polar surface area (TPSA) is 94.5 Å². The average Bonchev–Trinajstić information content (AvgIpc) is 3.54. The maximum atomic E-state index is 13.8. The molecule has 0 amide bonds. The van der Waals surface area contributed by atoms with Gasteiger partial charge in [-0.25, -0.2) is 9.78 Å². The van der Waals surface area contributed by atoms with Gasteiger partial charge < -0.3 is 9.51 Å². The lowest BCUT2D eigenvalue weighted by Crippen LogP contribution is -2.32. The first-order valence-electron chi connectivity index (χ1n) is 11.2. The Labute approximate surface area is 183 Å². The summed E-state index contributed by atoms with van der Waals surface area (Å²) in [7, 11) is 0. The van der Waals surface area contributed by atoms with Gasteiger partial charge in [-0.2, -0.15) is 4.98 Å². The van der Waals surface area contributed by atoms with Gasteiger partial charge in [0.2, 0.25) is 11.7 Å². The monoisotopic (exact) mass is 428 g/mol. The summed E-state index contributed by atoms with van der Waals surface area (Å²) in [6.07, 6.45) is 8.14. The van der Waals surface area contributed by atoms with Gasteiger partial charge in [-0.05, 0) is 24.8 Å². The van der Waals surface area contributed by atoms with Crippen LogP contribution in [0.25, 0.3) is 33.5 Å². The second kappa shape index (κ2) is 7.47. The van der Waals surface area contributed by atoms with E-state index in [4.69, 9.17) is 4.52 Å². The van der Waals surface area contributed by atoms with E-state index in [-0.39, 0.29) is 18.3 Å². The van der Waals surface area contributed by atoms with Crippen LogP contribution in [0, 0.1) is 5.92 Å². The number of nitrogens with one attached hydrogen (secondary N) is 1. The molecule has 0 bridgehead atoms. The summed E-state index contributed by atoms with van der Waals surface area (Å²) in [5, 5.41) is 5.08. The van der Waals surface area contributed by atoms with Crippen molar-refractivity contribution in [3.8, 4) is 11.4 Å². The number of aromatic nitrogens is 6. The molecular weight excluding hydrogens is 404 g/mol. The maximum absolute atomic E-state index is 13.8. The molecule has 1 aromatic carbocycles. The highest BCUT2D eigenvalue weighted by Crippen LogP contribution is 2.36. The number of hydrogen-bond donors (Lipinski definition) is 1. The molecule has 4 heterocycles. The Hall–Kier alpha value is -3.68. The van der Waals surface area contributed by atoms with Gasteiger partial charge in [0, 0.05) is 23.2 Å². The Bertz CT molecular complexity index is 1460. The van der Waals surface area contributed by atoms with Crippen LogP contribution in [0.4, 0.5) is 0 Å². The molecule has 1 fully saturated rings. The highest BCUT2D eigenvalue weighted by molar-refractivity contribution is 6.01. The third-order valence-corrected chi connectivity index (χ3v) is 6.70. The number of aromatic amines is 1. The van der Waals surface area contributed by atoms with Crippen molar-refractivity contribution in [1.82, 2.24) is 29.2 Å². The normalized spacial score (nSPS) is 19.2. The fourth-order valence-electron chi connectivity index (χ4n) is 5.06. The molecule has 0 unspecified atom stereocenters. The van der Waals surface area contributed by atoms with Crippen molar-refractivity contribution >= 4 is 22.1 Å². The van der Waals surface area contributed by atoms with Gasteiger partial charge in [0.1, 0.15) is 12.2 Å². The summed E-state index contributed by atoms with van der Waals surface area (Å²) in [6.45, 7) is 2.46. The molecule has 5 aromatic rings. The van der Waals surface area contributed by atoms with Crippen LogP contribution in [-0.2, 0) is 6.54 Å². The fourth-order valence-corrected chi connectivity index (χ4v) is 5.06. The molecule has 1 aliphatic carbocycles. The zero-order valence-corrected chi connectivity index (χ0v) is 17.9. The number of fused-ring (bicyclic) bond motifs is 3. The van der Waals surface area contributed by atoms with Gasteiger partial charge in [-0.1, -0.05) is 55.3 Å². The number of benzene rings is 1. The van der Waals surface area contributed by atoms with E-state index in [0.717, 1.165) is 46.9 Å². The molecule has 6 rings (SSSR count). The molecule has 0 spiro atoms. The van der Waals surface area contributed by atoms with Gasteiger partial charge in [-0.3, -0.25) is 9.13 Å². The summed E-state index contributed by atoms with van der Waals surface area (Å²) < 4.78 is 9.23. The molecule has 32 heavy (non-hydrogen) atoms. The largest absolute Gasteiger partial charge is 0.346 e. The van der Waals surface area contributed by atoms with E-state index < -0.39 is 0 Å². The van der Waals surface area contributed by atoms with Crippen molar-refractivity contribution in [2.75, 3.05) is 0 Å². The lowest BCUT2D eigenvalue weighted by molar-refractivity contribution is 0.256. The number of nitrogens with zero attached hydrogens (tertiary/aromatic N) is 5. The van der Waals surface area contributed by atoms with Crippen LogP contribution in [0.1, 0.15) is 44.5 Å². The minimum Gasteiger partial charge on any atom is -0.346 e. The van der Waals surface area contributed by atoms with Crippen molar-refractivity contribution in [3.63, 3.8) is 0 Å². The summed E-state index contributed by atoms with van der Waals surface area (Å²) in [5.41, 5.74) is 3.34. The third-order valence-electron chi connectivity index (χ3n) is 6.70. The molecular formula is C24H24N6O2. The van der Waals surface area contributed by atoms with Crippen molar-refractivity contribution in [3.05, 3.63) is 65.2 Å². The maximum Gasteiger partial charge on any atom is 0.329 e. The number of hydrogen-bond acceptors (Lipinski definition) is 5. The van der Waals surface area contributed by atoms with Gasteiger partial charge in [-0.15, -0.1) is 0 Å². The van der Waals surface area contributed by atoms with Crippen molar-refractivity contribution in [2.45, 2.75) is 45.2 Å². The van der Waals surface area contributed by atoms with Crippen LogP contribution in [0.5, 0.6) is 0 Å². The van der Waals surface area contributed by atoms with Crippen LogP contribution in [-0.4, -0.2) is 29.2 Å². The quantitative estimate of drug-likeness (QED) is 0.454. The van der Waals surface area contributed by atoms with Crippen LogP contribution in [0.2, 0.25) is 0 Å². The minimum atomic E-state index is -0.0475. The van der Waals surface area contributed by atoms with Crippen LogP contribution in [0.3, 0.4) is 0 Å². The first-order chi connectivity index (χ1) is 15.7. The van der Waals surface area contributed by atoms with Gasteiger partial charge in [0.05, 0.1) is 17.2 Å². The van der Waals surface area contributed by atoms with E-state index in [0.29, 0.717) is 17.6 Å². The SMILES string of the molecule is C[C@@H]1CCCC[C@@H]1n1c(=O)n(Cc2nc(-c3ccccc3)no2)c2cnc3[nH]ccc3c21. The molecule has 8 heteroatoms. The number of rotatable bonds is 4. The molecule has 0 radical (unpaired) electrons. The molecule has 0 aliphatic heterocycles. The average molecular weight is 428 g/mol. The molecule has 1 aliphatic rings. The van der Waals surface area contributed by atoms with E-state index in [2.05, 4.69) is 27.0 Å². The Balaban J connectivity index is 1.50. The molecule has 1 saturated carbocycles. The number of H-pyrrole nitrogens is 1. The van der Waals surface area contributed by atoms with E-state index in [1.165, 1.54) is 6.42 Å². The molecule has 162 valence electrons. The number of pyridine rings is 1. The summed E-state index contributed by atoms with van der Waals surface area (Å²) in [5.74, 6) is 1.36. The van der Waals surface area contributed by atoms with Gasteiger partial charge in [0.25, 0.3) is 0 Å². The standard InChI is InChI=1S/C24H24N6O2/c1-15-7-5-6-10-18(15)30-21-17-11-12-25-23(17)26-13-19(21)29(24(30)31)14-20-27-22(28-32-20)16-8-3-2-4-9-16/h2-4,8-9,11-13,15,18H,5-7,10,14H2,1H3,(H,25,26)/t15-,18+/m1/s1. The lowest BCUT2D eigenvalue weighted by atomic mass is 9.85. The van der Waals surface area contributed by atoms with Gasteiger partial charge >= 0.3 is 5.69 Å². The summed E-state index contributed by atoms with van der Waals surface area (Å²) >= 11 is 0. The second-order valence-electron chi connectivity index (χ2n) is 8.68. The van der Waals surface area contributed by atoms with E-state index >= 15 is 0 Å². The van der Waals surface area contributed by atoms with Gasteiger partial charge in [0.15, 0.2) is 0 Å². The molecule has 0 saturated heterocycles. The zero-order chi connectivity index (χ0) is 21.7. The highest BCUT2D eigenvalue weighted by Gasteiger charge is 2.29. The smallest absolute Gasteiger partial charge is 0.329 e. The first-order valence-corrected chi connectivity index (χ1v) is 11.2. The molecule has 2 atom stereocenters. The third kappa shape index (κ3) is 2.97. The number of imidazole rings is 1.